The molecule has 0 spiro atoms. The third-order valence-electron chi connectivity index (χ3n) is 5.04. The number of nitrogens with zero attached hydrogens (tertiary/aromatic N) is 3. The smallest absolute Gasteiger partial charge is 0.266 e. The summed E-state index contributed by atoms with van der Waals surface area (Å²) in [5.41, 5.74) is 4.46. The molecule has 4 rings (SSSR count). The molecule has 2 heterocycles. The molecule has 1 amide bonds. The molecule has 0 aliphatic carbocycles. The van der Waals surface area contributed by atoms with Crippen LogP contribution in [-0.2, 0) is 4.79 Å². The molecular formula is C26H23N3O2S2. The molecule has 0 atom stereocenters. The van der Waals surface area contributed by atoms with E-state index in [9.17, 15) is 4.79 Å². The van der Waals surface area contributed by atoms with E-state index in [1.165, 1.54) is 11.8 Å². The fraction of sp³-hybridized carbons (Fsp3) is 0.115. The molecule has 1 saturated heterocycles. The molecule has 0 bridgehead atoms. The molecule has 166 valence electrons. The largest absolute Gasteiger partial charge is 0.489 e. The number of carbonyl (C=O) groups is 1. The first-order chi connectivity index (χ1) is 16.0. The Bertz CT molecular complexity index is 1260. The van der Waals surface area contributed by atoms with Gasteiger partial charge in [-0.05, 0) is 48.9 Å². The van der Waals surface area contributed by atoms with E-state index in [1.54, 1.807) is 17.1 Å². The van der Waals surface area contributed by atoms with Gasteiger partial charge in [0.1, 0.15) is 22.4 Å². The molecule has 1 aromatic heterocycles. The number of hydrogen-bond acceptors (Lipinski definition) is 5. The zero-order chi connectivity index (χ0) is 23.4. The van der Waals surface area contributed by atoms with Gasteiger partial charge in [0.05, 0.1) is 10.6 Å². The number of rotatable bonds is 8. The monoisotopic (exact) mass is 473 g/mol. The summed E-state index contributed by atoms with van der Waals surface area (Å²) >= 11 is 6.68. The molecule has 3 aromatic rings. The van der Waals surface area contributed by atoms with E-state index in [0.29, 0.717) is 22.4 Å². The highest BCUT2D eigenvalue weighted by atomic mass is 32.2. The number of carbonyl (C=O) groups excluding carboxylic acids is 1. The van der Waals surface area contributed by atoms with E-state index in [-0.39, 0.29) is 5.91 Å². The van der Waals surface area contributed by atoms with E-state index < -0.39 is 0 Å². The lowest BCUT2D eigenvalue weighted by molar-refractivity contribution is -0.121. The minimum Gasteiger partial charge on any atom is -0.489 e. The van der Waals surface area contributed by atoms with Crippen LogP contribution in [0, 0.1) is 6.92 Å². The Morgan fingerprint density at radius 2 is 1.94 bits per heavy atom. The van der Waals surface area contributed by atoms with Crippen molar-refractivity contribution in [2.45, 2.75) is 6.92 Å². The van der Waals surface area contributed by atoms with Crippen LogP contribution in [0.5, 0.6) is 5.75 Å². The van der Waals surface area contributed by atoms with Gasteiger partial charge in [0, 0.05) is 23.9 Å². The van der Waals surface area contributed by atoms with Gasteiger partial charge in [-0.15, -0.1) is 6.58 Å². The van der Waals surface area contributed by atoms with Gasteiger partial charge in [-0.3, -0.25) is 9.69 Å². The highest BCUT2D eigenvalue weighted by molar-refractivity contribution is 8.26. The summed E-state index contributed by atoms with van der Waals surface area (Å²) in [7, 11) is 0. The van der Waals surface area contributed by atoms with Crippen molar-refractivity contribution in [1.82, 2.24) is 14.7 Å². The Kier molecular flexibility index (Phi) is 6.91. The van der Waals surface area contributed by atoms with Crippen LogP contribution >= 0.6 is 24.0 Å². The Labute approximate surface area is 203 Å². The van der Waals surface area contributed by atoms with Gasteiger partial charge in [0.15, 0.2) is 0 Å². The molecule has 1 fully saturated rings. The maximum absolute atomic E-state index is 12.9. The third kappa shape index (κ3) is 4.84. The second-order valence-electron chi connectivity index (χ2n) is 7.37. The molecule has 2 aromatic carbocycles. The average Bonchev–Trinajstić information content (AvgIpc) is 3.36. The fourth-order valence-electron chi connectivity index (χ4n) is 3.47. The number of aryl methyl sites for hydroxylation is 1. The zero-order valence-corrected chi connectivity index (χ0v) is 19.9. The van der Waals surface area contributed by atoms with Crippen LogP contribution in [0.3, 0.4) is 0 Å². The standard InChI is InChI=1S/C26H23N3O2S2/c1-4-13-28-25(30)23(33-26(28)32)16-20-17-29(21-9-7-6-8-10-21)27-24(20)19-11-12-22(18(3)15-19)31-14-5-2/h4-12,15-17H,1-2,13-14H2,3H3. The predicted molar refractivity (Wildman–Crippen MR) is 140 cm³/mol. The van der Waals surface area contributed by atoms with E-state index in [4.69, 9.17) is 22.1 Å². The first-order valence-corrected chi connectivity index (χ1v) is 11.6. The van der Waals surface area contributed by atoms with E-state index in [1.807, 2.05) is 72.4 Å². The van der Waals surface area contributed by atoms with Crippen molar-refractivity contribution in [2.75, 3.05) is 13.2 Å². The van der Waals surface area contributed by atoms with Crippen LogP contribution in [0.15, 0.2) is 84.9 Å². The quantitative estimate of drug-likeness (QED) is 0.235. The number of amides is 1. The first kappa shape index (κ1) is 22.8. The molecule has 7 heteroatoms. The SMILES string of the molecule is C=CCOc1ccc(-c2nn(-c3ccccc3)cc2C=C2SC(=S)N(CC=C)C2=O)cc1C. The van der Waals surface area contributed by atoms with Gasteiger partial charge in [-0.25, -0.2) is 4.68 Å². The summed E-state index contributed by atoms with van der Waals surface area (Å²) in [6.07, 6.45) is 7.19. The van der Waals surface area contributed by atoms with Crippen LogP contribution in [0.2, 0.25) is 0 Å². The van der Waals surface area contributed by atoms with Crippen LogP contribution < -0.4 is 4.74 Å². The van der Waals surface area contributed by atoms with E-state index in [0.717, 1.165) is 33.8 Å². The van der Waals surface area contributed by atoms with Gasteiger partial charge < -0.3 is 4.74 Å². The third-order valence-corrected chi connectivity index (χ3v) is 6.42. The highest BCUT2D eigenvalue weighted by Gasteiger charge is 2.31. The molecule has 1 aliphatic heterocycles. The number of hydrogen-bond donors (Lipinski definition) is 0. The molecule has 1 aliphatic rings. The van der Waals surface area contributed by atoms with Crippen LogP contribution in [0.4, 0.5) is 0 Å². The number of para-hydroxylation sites is 1. The van der Waals surface area contributed by atoms with Crippen molar-refractivity contribution in [2.24, 2.45) is 0 Å². The first-order valence-electron chi connectivity index (χ1n) is 10.4. The molecular weight excluding hydrogens is 450 g/mol. The van der Waals surface area contributed by atoms with Crippen LogP contribution in [-0.4, -0.2) is 38.1 Å². The van der Waals surface area contributed by atoms with Gasteiger partial charge in [0.2, 0.25) is 0 Å². The van der Waals surface area contributed by atoms with E-state index in [2.05, 4.69) is 13.2 Å². The van der Waals surface area contributed by atoms with Gasteiger partial charge in [0.25, 0.3) is 5.91 Å². The van der Waals surface area contributed by atoms with Crippen molar-refractivity contribution in [1.29, 1.82) is 0 Å². The minimum atomic E-state index is -0.118. The zero-order valence-electron chi connectivity index (χ0n) is 18.2. The lowest BCUT2D eigenvalue weighted by atomic mass is 10.0. The van der Waals surface area contributed by atoms with Gasteiger partial charge in [-0.1, -0.05) is 60.9 Å². The molecule has 0 N–H and O–H groups in total. The van der Waals surface area contributed by atoms with Crippen molar-refractivity contribution in [3.63, 3.8) is 0 Å². The molecule has 33 heavy (non-hydrogen) atoms. The number of aromatic nitrogens is 2. The van der Waals surface area contributed by atoms with E-state index >= 15 is 0 Å². The molecule has 0 radical (unpaired) electrons. The maximum Gasteiger partial charge on any atom is 0.266 e. The number of benzene rings is 2. The maximum atomic E-state index is 12.9. The van der Waals surface area contributed by atoms with Crippen molar-refractivity contribution in [3.05, 3.63) is 96.1 Å². The summed E-state index contributed by atoms with van der Waals surface area (Å²) in [6, 6.07) is 15.8. The van der Waals surface area contributed by atoms with Crippen molar-refractivity contribution >= 4 is 40.3 Å². The Balaban J connectivity index is 1.78. The average molecular weight is 474 g/mol. The van der Waals surface area contributed by atoms with Crippen LogP contribution in [0.1, 0.15) is 11.1 Å². The number of thiocarbonyl (C=S) groups is 1. The second-order valence-corrected chi connectivity index (χ2v) is 9.05. The minimum absolute atomic E-state index is 0.118. The molecule has 0 unspecified atom stereocenters. The summed E-state index contributed by atoms with van der Waals surface area (Å²) < 4.78 is 8.07. The lowest BCUT2D eigenvalue weighted by Crippen LogP contribution is -2.27. The van der Waals surface area contributed by atoms with Gasteiger partial charge in [-0.2, -0.15) is 5.10 Å². The summed E-state index contributed by atoms with van der Waals surface area (Å²) in [5, 5.41) is 4.86. The summed E-state index contributed by atoms with van der Waals surface area (Å²) in [5.74, 6) is 0.681. The number of ether oxygens (including phenoxy) is 1. The highest BCUT2D eigenvalue weighted by Crippen LogP contribution is 2.35. The Morgan fingerprint density at radius 3 is 2.64 bits per heavy atom. The van der Waals surface area contributed by atoms with Crippen molar-refractivity contribution < 1.29 is 9.53 Å². The molecule has 5 nitrogen and oxygen atoms in total. The van der Waals surface area contributed by atoms with Crippen molar-refractivity contribution in [3.8, 4) is 22.7 Å². The Morgan fingerprint density at radius 1 is 1.15 bits per heavy atom. The van der Waals surface area contributed by atoms with Crippen LogP contribution in [0.25, 0.3) is 23.0 Å². The fourth-order valence-corrected chi connectivity index (χ4v) is 4.73. The topological polar surface area (TPSA) is 47.4 Å². The summed E-state index contributed by atoms with van der Waals surface area (Å²) in [4.78, 5) is 15.0. The second kappa shape index (κ2) is 10.0. The predicted octanol–water partition coefficient (Wildman–Crippen LogP) is 5.80. The normalized spacial score (nSPS) is 14.7. The molecule has 0 saturated carbocycles. The number of thioether (sulfide) groups is 1. The Hall–Kier alpha value is -3.42. The lowest BCUT2D eigenvalue weighted by Gasteiger charge is -2.10. The summed E-state index contributed by atoms with van der Waals surface area (Å²) in [6.45, 7) is 10.2. The van der Waals surface area contributed by atoms with Gasteiger partial charge >= 0.3 is 0 Å².